The number of imide groups is 1. The highest BCUT2D eigenvalue weighted by molar-refractivity contribution is 6.34. The molecule has 3 rings (SSSR count). The lowest BCUT2D eigenvalue weighted by Gasteiger charge is -2.12. The van der Waals surface area contributed by atoms with E-state index in [0.29, 0.717) is 12.3 Å². The Morgan fingerprint density at radius 2 is 1.62 bits per heavy atom. The molecule has 3 aromatic carbocycles. The Hall–Kier alpha value is -3.61. The van der Waals surface area contributed by atoms with E-state index in [1.165, 1.54) is 0 Å². The van der Waals surface area contributed by atoms with Crippen LogP contribution in [0, 0.1) is 0 Å². The Morgan fingerprint density at radius 3 is 2.31 bits per heavy atom. The molecule has 0 aliphatic carbocycles. The highest BCUT2D eigenvalue weighted by Crippen LogP contribution is 2.16. The molecule has 0 unspecified atom stereocenters. The van der Waals surface area contributed by atoms with E-state index in [1.807, 2.05) is 42.5 Å². The molecule has 3 N–H and O–H groups in total. The van der Waals surface area contributed by atoms with E-state index in [4.69, 9.17) is 16.4 Å². The van der Waals surface area contributed by atoms with Gasteiger partial charge in [-0.05, 0) is 41.8 Å². The van der Waals surface area contributed by atoms with Gasteiger partial charge in [0.2, 0.25) is 0 Å². The van der Waals surface area contributed by atoms with Crippen molar-refractivity contribution in [2.45, 2.75) is 20.0 Å². The number of halogens is 1. The van der Waals surface area contributed by atoms with E-state index in [0.717, 1.165) is 23.2 Å². The van der Waals surface area contributed by atoms with Gasteiger partial charge in [-0.2, -0.15) is 0 Å². The van der Waals surface area contributed by atoms with E-state index in [2.05, 4.69) is 29.1 Å². The Bertz CT molecular complexity index is 1080. The third-order valence-electron chi connectivity index (χ3n) is 4.47. The van der Waals surface area contributed by atoms with Crippen molar-refractivity contribution in [1.82, 2.24) is 10.8 Å². The van der Waals surface area contributed by atoms with Gasteiger partial charge in [0.1, 0.15) is 0 Å². The number of rotatable bonds is 8. The van der Waals surface area contributed by atoms with Gasteiger partial charge >= 0.3 is 6.03 Å². The number of anilines is 1. The van der Waals surface area contributed by atoms with Crippen LogP contribution in [0.1, 0.15) is 34.8 Å². The lowest BCUT2D eigenvalue weighted by atomic mass is 10.1. The van der Waals surface area contributed by atoms with E-state index in [9.17, 15) is 9.59 Å². The van der Waals surface area contributed by atoms with Crippen LogP contribution >= 0.6 is 11.6 Å². The molecule has 0 radical (unpaired) electrons. The number of benzene rings is 3. The first-order valence-electron chi connectivity index (χ1n) is 10.2. The Morgan fingerprint density at radius 1 is 0.938 bits per heavy atom. The van der Waals surface area contributed by atoms with Gasteiger partial charge in [0, 0.05) is 5.69 Å². The van der Waals surface area contributed by atoms with Crippen molar-refractivity contribution < 1.29 is 14.4 Å². The van der Waals surface area contributed by atoms with E-state index < -0.39 is 11.9 Å². The maximum absolute atomic E-state index is 12.2. The molecule has 0 aliphatic rings. The fourth-order valence-electron chi connectivity index (χ4n) is 2.90. The average molecular weight is 450 g/mol. The summed E-state index contributed by atoms with van der Waals surface area (Å²) in [4.78, 5) is 29.9. The van der Waals surface area contributed by atoms with Crippen LogP contribution in [0.3, 0.4) is 0 Å². The predicted molar refractivity (Wildman–Crippen MR) is 127 cm³/mol. The zero-order valence-electron chi connectivity index (χ0n) is 17.6. The first-order chi connectivity index (χ1) is 15.6. The van der Waals surface area contributed by atoms with E-state index in [-0.39, 0.29) is 10.6 Å². The minimum Gasteiger partial charge on any atom is -0.308 e. The van der Waals surface area contributed by atoms with Crippen LogP contribution < -0.4 is 16.1 Å². The minimum atomic E-state index is -0.641. The summed E-state index contributed by atoms with van der Waals surface area (Å²) in [5, 5.41) is 5.16. The molecule has 0 fully saturated rings. The first-order valence-corrected chi connectivity index (χ1v) is 10.5. The van der Waals surface area contributed by atoms with Gasteiger partial charge in [0.15, 0.2) is 0 Å². The normalized spacial score (nSPS) is 11.0. The smallest absolute Gasteiger partial charge is 0.308 e. The Kier molecular flexibility index (Phi) is 8.43. The van der Waals surface area contributed by atoms with Gasteiger partial charge < -0.3 is 5.32 Å². The second-order valence-electron chi connectivity index (χ2n) is 6.87. The lowest BCUT2D eigenvalue weighted by Crippen LogP contribution is -2.34. The lowest BCUT2D eigenvalue weighted by molar-refractivity contribution is 0.0645. The third-order valence-corrected chi connectivity index (χ3v) is 4.80. The number of urea groups is 1. The number of amides is 3. The molecule has 3 amide bonds. The molecule has 0 atom stereocenters. The molecular formula is C25H24ClN3O3. The second-order valence-corrected chi connectivity index (χ2v) is 7.28. The third kappa shape index (κ3) is 6.70. The fourth-order valence-corrected chi connectivity index (χ4v) is 3.12. The van der Waals surface area contributed by atoms with E-state index in [1.54, 1.807) is 36.4 Å². The van der Waals surface area contributed by atoms with Crippen LogP contribution in [-0.2, 0) is 11.4 Å². The van der Waals surface area contributed by atoms with Crippen molar-refractivity contribution in [2.75, 3.05) is 5.32 Å². The van der Waals surface area contributed by atoms with Crippen LogP contribution in [-0.4, -0.2) is 11.9 Å². The highest BCUT2D eigenvalue weighted by Gasteiger charge is 2.13. The highest BCUT2D eigenvalue weighted by atomic mass is 35.5. The largest absolute Gasteiger partial charge is 0.326 e. The summed E-state index contributed by atoms with van der Waals surface area (Å²) in [7, 11) is 0. The fraction of sp³-hybridized carbons (Fsp3) is 0.120. The first kappa shape index (κ1) is 23.1. The molecule has 0 bridgehead atoms. The average Bonchev–Trinajstić information content (AvgIpc) is 2.80. The number of hydroxylamine groups is 1. The molecule has 6 nitrogen and oxygen atoms in total. The minimum absolute atomic E-state index is 0.233. The molecular weight excluding hydrogens is 426 g/mol. The molecule has 32 heavy (non-hydrogen) atoms. The number of hydrogen-bond acceptors (Lipinski definition) is 4. The maximum atomic E-state index is 12.2. The zero-order chi connectivity index (χ0) is 22.8. The van der Waals surface area contributed by atoms with Crippen LogP contribution in [0.25, 0.3) is 5.70 Å². The van der Waals surface area contributed by atoms with Gasteiger partial charge in [0.25, 0.3) is 5.91 Å². The molecule has 0 heterocycles. The van der Waals surface area contributed by atoms with Crippen molar-refractivity contribution in [3.63, 3.8) is 0 Å². The van der Waals surface area contributed by atoms with Crippen molar-refractivity contribution in [3.8, 4) is 0 Å². The number of nitrogens with one attached hydrogen (secondary N) is 3. The van der Waals surface area contributed by atoms with Crippen molar-refractivity contribution >= 4 is 34.9 Å². The van der Waals surface area contributed by atoms with Crippen LogP contribution in [0.2, 0.25) is 5.02 Å². The number of carbonyl (C=O) groups is 2. The summed E-state index contributed by atoms with van der Waals surface area (Å²) in [5.74, 6) is -0.571. The van der Waals surface area contributed by atoms with Gasteiger partial charge in [-0.15, -0.1) is 0 Å². The Balaban J connectivity index is 1.49. The van der Waals surface area contributed by atoms with Crippen molar-refractivity contribution in [1.29, 1.82) is 0 Å². The second kappa shape index (κ2) is 11.7. The van der Waals surface area contributed by atoms with E-state index >= 15 is 0 Å². The summed E-state index contributed by atoms with van der Waals surface area (Å²) >= 11 is 5.98. The van der Waals surface area contributed by atoms with Gasteiger partial charge in [0.05, 0.1) is 22.9 Å². The summed E-state index contributed by atoms with van der Waals surface area (Å²) in [5.41, 5.74) is 6.66. The topological polar surface area (TPSA) is 79.5 Å². The zero-order valence-corrected chi connectivity index (χ0v) is 18.4. The molecule has 0 saturated carbocycles. The summed E-state index contributed by atoms with van der Waals surface area (Å²) in [6.45, 7) is 2.40. The molecule has 0 aliphatic heterocycles. The summed E-state index contributed by atoms with van der Waals surface area (Å²) < 4.78 is 0. The summed E-state index contributed by atoms with van der Waals surface area (Å²) in [6, 6.07) is 23.0. The van der Waals surface area contributed by atoms with Gasteiger partial charge in [-0.1, -0.05) is 79.2 Å². The van der Waals surface area contributed by atoms with Crippen LogP contribution in [0.4, 0.5) is 10.5 Å². The molecule has 7 heteroatoms. The number of hydrogen-bond donors (Lipinski definition) is 3. The molecule has 3 aromatic rings. The van der Waals surface area contributed by atoms with Crippen molar-refractivity contribution in [2.24, 2.45) is 0 Å². The van der Waals surface area contributed by atoms with Crippen molar-refractivity contribution in [3.05, 3.63) is 107 Å². The number of carbonyl (C=O) groups excluding carboxylic acids is 2. The SMILES string of the molecule is CCC=C(NOCc1ccc(NC(=O)NC(=O)c2ccccc2Cl)cc1)c1ccccc1. The van der Waals surface area contributed by atoms with Gasteiger partial charge in [-0.3, -0.25) is 20.4 Å². The monoisotopic (exact) mass is 449 g/mol. The molecule has 0 saturated heterocycles. The standard InChI is InChI=1S/C25H24ClN3O3/c1-2-8-23(19-9-4-3-5-10-19)29-32-17-18-13-15-20(16-14-18)27-25(31)28-24(30)21-11-6-7-12-22(21)26/h3-16,29H,2,17H2,1H3,(H2,27,28,30,31). The predicted octanol–water partition coefficient (Wildman–Crippen LogP) is 5.77. The number of allylic oxidation sites excluding steroid dienone is 1. The molecule has 164 valence electrons. The maximum Gasteiger partial charge on any atom is 0.326 e. The Labute approximate surface area is 192 Å². The molecule has 0 aromatic heterocycles. The summed E-state index contributed by atoms with van der Waals surface area (Å²) in [6.07, 6.45) is 2.94. The quantitative estimate of drug-likeness (QED) is 0.381. The molecule has 0 spiro atoms. The van der Waals surface area contributed by atoms with Gasteiger partial charge in [-0.25, -0.2) is 4.79 Å². The van der Waals surface area contributed by atoms with Crippen LogP contribution in [0.15, 0.2) is 84.9 Å². The van der Waals surface area contributed by atoms with Crippen LogP contribution in [0.5, 0.6) is 0 Å².